The van der Waals surface area contributed by atoms with Gasteiger partial charge in [0.05, 0.1) is 6.04 Å². The van der Waals surface area contributed by atoms with E-state index in [0.717, 1.165) is 16.1 Å². The fraction of sp³-hybridized carbons (Fsp3) is 0.333. The van der Waals surface area contributed by atoms with Crippen LogP contribution >= 0.6 is 11.6 Å². The van der Waals surface area contributed by atoms with Crippen LogP contribution in [0.4, 0.5) is 0 Å². The molecule has 20 heavy (non-hydrogen) atoms. The normalized spacial score (nSPS) is 16.8. The molecule has 0 radical (unpaired) electrons. The lowest BCUT2D eigenvalue weighted by Gasteiger charge is -2.29. The highest BCUT2D eigenvalue weighted by atomic mass is 35.5. The zero-order valence-corrected chi connectivity index (χ0v) is 12.5. The van der Waals surface area contributed by atoms with Crippen LogP contribution in [0.1, 0.15) is 53.5 Å². The highest BCUT2D eigenvalue weighted by molar-refractivity contribution is 6.31. The van der Waals surface area contributed by atoms with Gasteiger partial charge < -0.3 is 5.73 Å². The van der Waals surface area contributed by atoms with Gasteiger partial charge in [-0.05, 0) is 54.0 Å². The van der Waals surface area contributed by atoms with Crippen LogP contribution in [0.2, 0.25) is 5.02 Å². The minimum Gasteiger partial charge on any atom is -0.320 e. The van der Waals surface area contributed by atoms with Gasteiger partial charge in [-0.1, -0.05) is 54.4 Å². The molecular weight excluding hydrogens is 266 g/mol. The maximum atomic E-state index is 6.49. The first-order chi connectivity index (χ1) is 9.66. The van der Waals surface area contributed by atoms with E-state index in [0.29, 0.717) is 5.92 Å². The van der Waals surface area contributed by atoms with Crippen molar-refractivity contribution in [3.05, 3.63) is 69.7 Å². The maximum Gasteiger partial charge on any atom is 0.0555 e. The van der Waals surface area contributed by atoms with Crippen molar-refractivity contribution in [1.29, 1.82) is 0 Å². The predicted octanol–water partition coefficient (Wildman–Crippen LogP) is 4.96. The average Bonchev–Trinajstić information content (AvgIpc) is 2.40. The highest BCUT2D eigenvalue weighted by Crippen LogP contribution is 2.40. The van der Waals surface area contributed by atoms with Crippen molar-refractivity contribution in [3.8, 4) is 0 Å². The molecule has 1 atom stereocenters. The summed E-state index contributed by atoms with van der Waals surface area (Å²) in [4.78, 5) is 0. The summed E-state index contributed by atoms with van der Waals surface area (Å²) in [7, 11) is 0. The number of halogens is 1. The fourth-order valence-corrected chi connectivity index (χ4v) is 3.06. The Bertz CT molecular complexity index is 617. The summed E-state index contributed by atoms with van der Waals surface area (Å²) in [5.74, 6) is 0.693. The van der Waals surface area contributed by atoms with Crippen LogP contribution in [0.5, 0.6) is 0 Å². The minimum atomic E-state index is -0.0927. The number of nitrogens with two attached hydrogens (primary N) is 1. The van der Waals surface area contributed by atoms with Crippen molar-refractivity contribution in [2.24, 2.45) is 5.73 Å². The Morgan fingerprint density at radius 3 is 2.55 bits per heavy atom. The number of rotatable bonds is 3. The molecular formula is C18H20ClN. The summed E-state index contributed by atoms with van der Waals surface area (Å²) in [6.45, 7) is 2.01. The van der Waals surface area contributed by atoms with Crippen LogP contribution in [0, 0.1) is 6.92 Å². The van der Waals surface area contributed by atoms with Gasteiger partial charge in [-0.2, -0.15) is 0 Å². The van der Waals surface area contributed by atoms with Crippen molar-refractivity contribution in [2.45, 2.75) is 38.1 Å². The Kier molecular flexibility index (Phi) is 3.82. The highest BCUT2D eigenvalue weighted by Gasteiger charge is 2.24. The Morgan fingerprint density at radius 2 is 1.90 bits per heavy atom. The first-order valence-corrected chi connectivity index (χ1v) is 7.65. The molecule has 0 spiro atoms. The summed E-state index contributed by atoms with van der Waals surface area (Å²) < 4.78 is 0. The zero-order valence-electron chi connectivity index (χ0n) is 11.8. The summed E-state index contributed by atoms with van der Waals surface area (Å²) in [6.07, 6.45) is 3.92. The van der Waals surface area contributed by atoms with Gasteiger partial charge in [-0.15, -0.1) is 0 Å². The Balaban J connectivity index is 1.97. The fourth-order valence-electron chi connectivity index (χ4n) is 2.87. The van der Waals surface area contributed by atoms with E-state index in [1.165, 1.54) is 30.4 Å². The molecule has 2 aromatic rings. The van der Waals surface area contributed by atoms with Crippen LogP contribution in [0.25, 0.3) is 0 Å². The number of benzene rings is 2. The SMILES string of the molecule is Cc1ccc(C(N)c2ccccc2C2CCC2)cc1Cl. The van der Waals surface area contributed by atoms with Crippen LogP contribution in [0.3, 0.4) is 0 Å². The molecule has 0 bridgehead atoms. The molecule has 0 amide bonds. The van der Waals surface area contributed by atoms with Crippen molar-refractivity contribution in [2.75, 3.05) is 0 Å². The molecule has 1 aliphatic rings. The molecule has 1 fully saturated rings. The van der Waals surface area contributed by atoms with Crippen LogP contribution in [0.15, 0.2) is 42.5 Å². The third-order valence-corrected chi connectivity index (χ3v) is 4.84. The Hall–Kier alpha value is -1.31. The van der Waals surface area contributed by atoms with Crippen molar-refractivity contribution in [3.63, 3.8) is 0 Å². The van der Waals surface area contributed by atoms with Gasteiger partial charge in [0.2, 0.25) is 0 Å². The topological polar surface area (TPSA) is 26.0 Å². The van der Waals surface area contributed by atoms with Crippen molar-refractivity contribution in [1.82, 2.24) is 0 Å². The molecule has 2 aromatic carbocycles. The molecule has 0 aliphatic heterocycles. The Labute approximate surface area is 125 Å². The standard InChI is InChI=1S/C18H20ClN/c1-12-9-10-14(11-17(12)19)18(20)16-8-3-2-7-15(16)13-5-4-6-13/h2-3,7-11,13,18H,4-6,20H2,1H3. The van der Waals surface area contributed by atoms with Gasteiger partial charge in [-0.25, -0.2) is 0 Å². The molecule has 1 nitrogen and oxygen atoms in total. The molecule has 2 heteroatoms. The van der Waals surface area contributed by atoms with E-state index < -0.39 is 0 Å². The quantitative estimate of drug-likeness (QED) is 0.847. The summed E-state index contributed by atoms with van der Waals surface area (Å²) >= 11 is 6.23. The van der Waals surface area contributed by atoms with E-state index in [1.54, 1.807) is 0 Å². The molecule has 1 saturated carbocycles. The second-order valence-corrected chi connectivity index (χ2v) is 6.15. The molecule has 0 heterocycles. The number of hydrogen-bond acceptors (Lipinski definition) is 1. The van der Waals surface area contributed by atoms with Gasteiger partial charge in [0.15, 0.2) is 0 Å². The Morgan fingerprint density at radius 1 is 1.15 bits per heavy atom. The van der Waals surface area contributed by atoms with E-state index in [4.69, 9.17) is 17.3 Å². The third kappa shape index (κ3) is 2.48. The summed E-state index contributed by atoms with van der Waals surface area (Å²) in [5, 5.41) is 0.791. The first-order valence-electron chi connectivity index (χ1n) is 7.27. The second kappa shape index (κ2) is 5.59. The first kappa shape index (κ1) is 13.7. The molecule has 1 aliphatic carbocycles. The molecule has 0 aromatic heterocycles. The van der Waals surface area contributed by atoms with E-state index >= 15 is 0 Å². The van der Waals surface area contributed by atoms with Crippen LogP contribution in [-0.4, -0.2) is 0 Å². The van der Waals surface area contributed by atoms with Crippen LogP contribution in [-0.2, 0) is 0 Å². The monoisotopic (exact) mass is 285 g/mol. The van der Waals surface area contributed by atoms with Crippen molar-refractivity contribution >= 4 is 11.6 Å². The van der Waals surface area contributed by atoms with Crippen molar-refractivity contribution < 1.29 is 0 Å². The smallest absolute Gasteiger partial charge is 0.0555 e. The van der Waals surface area contributed by atoms with E-state index in [9.17, 15) is 0 Å². The molecule has 3 rings (SSSR count). The summed E-state index contributed by atoms with van der Waals surface area (Å²) in [5.41, 5.74) is 11.3. The number of aryl methyl sites for hydroxylation is 1. The third-order valence-electron chi connectivity index (χ3n) is 4.43. The van der Waals surface area contributed by atoms with Gasteiger partial charge in [0, 0.05) is 5.02 Å². The second-order valence-electron chi connectivity index (χ2n) is 5.74. The average molecular weight is 286 g/mol. The minimum absolute atomic E-state index is 0.0927. The van der Waals surface area contributed by atoms with Gasteiger partial charge >= 0.3 is 0 Å². The van der Waals surface area contributed by atoms with Gasteiger partial charge in [0.25, 0.3) is 0 Å². The number of hydrogen-bond donors (Lipinski definition) is 1. The molecule has 104 valence electrons. The van der Waals surface area contributed by atoms with Gasteiger partial charge in [-0.3, -0.25) is 0 Å². The van der Waals surface area contributed by atoms with Crippen LogP contribution < -0.4 is 5.73 Å². The maximum absolute atomic E-state index is 6.49. The largest absolute Gasteiger partial charge is 0.320 e. The van der Waals surface area contributed by atoms with E-state index in [-0.39, 0.29) is 6.04 Å². The lowest BCUT2D eigenvalue weighted by Crippen LogP contribution is -2.18. The zero-order chi connectivity index (χ0) is 14.1. The molecule has 2 N–H and O–H groups in total. The summed E-state index contributed by atoms with van der Waals surface area (Å²) in [6, 6.07) is 14.6. The van der Waals surface area contributed by atoms with E-state index in [1.807, 2.05) is 19.1 Å². The molecule has 0 saturated heterocycles. The molecule has 1 unspecified atom stereocenters. The predicted molar refractivity (Wildman–Crippen MR) is 85.3 cm³/mol. The lowest BCUT2D eigenvalue weighted by molar-refractivity contribution is 0.416. The van der Waals surface area contributed by atoms with Gasteiger partial charge in [0.1, 0.15) is 0 Å². The lowest BCUT2D eigenvalue weighted by atomic mass is 9.76. The van der Waals surface area contributed by atoms with E-state index in [2.05, 4.69) is 30.3 Å².